The predicted molar refractivity (Wildman–Crippen MR) is 75.4 cm³/mol. The summed E-state index contributed by atoms with van der Waals surface area (Å²) in [6.07, 6.45) is 0. The third-order valence-corrected chi connectivity index (χ3v) is 4.03. The van der Waals surface area contributed by atoms with Gasteiger partial charge in [-0.15, -0.1) is 11.3 Å². The van der Waals surface area contributed by atoms with E-state index in [0.717, 1.165) is 22.1 Å². The fraction of sp³-hybridized carbons (Fsp3) is 0.417. The van der Waals surface area contributed by atoms with Crippen molar-refractivity contribution in [3.63, 3.8) is 0 Å². The van der Waals surface area contributed by atoms with Crippen molar-refractivity contribution in [1.82, 2.24) is 15.0 Å². The number of aromatic nitrogens is 3. The molecule has 0 radical (unpaired) electrons. The number of anilines is 1. The molecule has 2 aromatic heterocycles. The van der Waals surface area contributed by atoms with Gasteiger partial charge in [0.25, 0.3) is 0 Å². The van der Waals surface area contributed by atoms with Crippen LogP contribution in [0.4, 0.5) is 5.82 Å². The normalized spacial score (nSPS) is 12.5. The number of rotatable bonds is 3. The first-order valence-electron chi connectivity index (χ1n) is 5.66. The highest BCUT2D eigenvalue weighted by Crippen LogP contribution is 2.25. The molecule has 0 saturated heterocycles. The van der Waals surface area contributed by atoms with Crippen LogP contribution in [0.15, 0.2) is 5.38 Å². The Morgan fingerprint density at radius 3 is 2.44 bits per heavy atom. The molecule has 1 atom stereocenters. The summed E-state index contributed by atoms with van der Waals surface area (Å²) in [5.74, 6) is 0.611. The van der Waals surface area contributed by atoms with Gasteiger partial charge in [0.2, 0.25) is 0 Å². The van der Waals surface area contributed by atoms with Gasteiger partial charge in [0.05, 0.1) is 17.4 Å². The van der Waals surface area contributed by atoms with Crippen LogP contribution in [0.5, 0.6) is 0 Å². The number of nitrogens with zero attached hydrogens (tertiary/aromatic N) is 3. The first-order chi connectivity index (χ1) is 8.47. The second-order valence-corrected chi connectivity index (χ2v) is 5.47. The van der Waals surface area contributed by atoms with Crippen LogP contribution in [0.2, 0.25) is 5.15 Å². The molecule has 2 heterocycles. The number of aryl methyl sites for hydroxylation is 3. The third kappa shape index (κ3) is 2.79. The minimum atomic E-state index is 0.0672. The maximum Gasteiger partial charge on any atom is 0.171 e. The summed E-state index contributed by atoms with van der Waals surface area (Å²) >= 11 is 7.71. The van der Waals surface area contributed by atoms with Gasteiger partial charge in [-0.25, -0.2) is 15.0 Å². The molecule has 1 N–H and O–H groups in total. The zero-order valence-electron chi connectivity index (χ0n) is 10.8. The Hall–Kier alpha value is -1.20. The lowest BCUT2D eigenvalue weighted by Gasteiger charge is -2.13. The zero-order chi connectivity index (χ0) is 13.3. The highest BCUT2D eigenvalue weighted by Gasteiger charge is 2.13. The average molecular weight is 283 g/mol. The lowest BCUT2D eigenvalue weighted by atomic mass is 10.3. The van der Waals surface area contributed by atoms with Crippen LogP contribution in [0.25, 0.3) is 0 Å². The minimum absolute atomic E-state index is 0.0672. The first kappa shape index (κ1) is 13.2. The van der Waals surface area contributed by atoms with Crippen molar-refractivity contribution in [2.24, 2.45) is 0 Å². The summed E-state index contributed by atoms with van der Waals surface area (Å²) in [6, 6.07) is 0.0672. The van der Waals surface area contributed by atoms with Crippen molar-refractivity contribution in [2.75, 3.05) is 5.32 Å². The van der Waals surface area contributed by atoms with Crippen LogP contribution in [0.1, 0.15) is 35.1 Å². The maximum absolute atomic E-state index is 6.09. The van der Waals surface area contributed by atoms with E-state index in [0.29, 0.717) is 11.0 Å². The van der Waals surface area contributed by atoms with Crippen LogP contribution in [0, 0.1) is 20.8 Å². The summed E-state index contributed by atoms with van der Waals surface area (Å²) in [4.78, 5) is 13.1. The van der Waals surface area contributed by atoms with Crippen molar-refractivity contribution in [3.05, 3.63) is 32.6 Å². The van der Waals surface area contributed by atoms with Crippen molar-refractivity contribution < 1.29 is 0 Å². The Bertz CT molecular complexity index is 567. The van der Waals surface area contributed by atoms with E-state index in [4.69, 9.17) is 11.6 Å². The Balaban J connectivity index is 2.21. The molecule has 0 bridgehead atoms. The number of thiazole rings is 1. The lowest BCUT2D eigenvalue weighted by molar-refractivity contribution is 0.848. The van der Waals surface area contributed by atoms with Crippen molar-refractivity contribution in [3.8, 4) is 0 Å². The van der Waals surface area contributed by atoms with Gasteiger partial charge in [-0.05, 0) is 27.7 Å². The Morgan fingerprint density at radius 1 is 1.17 bits per heavy atom. The van der Waals surface area contributed by atoms with E-state index < -0.39 is 0 Å². The molecule has 0 aromatic carbocycles. The van der Waals surface area contributed by atoms with E-state index in [2.05, 4.69) is 20.3 Å². The smallest absolute Gasteiger partial charge is 0.171 e. The van der Waals surface area contributed by atoms with Gasteiger partial charge >= 0.3 is 0 Å². The van der Waals surface area contributed by atoms with Gasteiger partial charge in [0, 0.05) is 11.1 Å². The van der Waals surface area contributed by atoms with Crippen LogP contribution < -0.4 is 5.32 Å². The predicted octanol–water partition coefficient (Wildman–Crippen LogP) is 3.68. The first-order valence-corrected chi connectivity index (χ1v) is 6.92. The molecule has 2 rings (SSSR count). The molecular weight excluding hydrogens is 268 g/mol. The summed E-state index contributed by atoms with van der Waals surface area (Å²) in [7, 11) is 0. The minimum Gasteiger partial charge on any atom is -0.359 e. The monoisotopic (exact) mass is 282 g/mol. The lowest BCUT2D eigenvalue weighted by Crippen LogP contribution is -2.10. The summed E-state index contributed by atoms with van der Waals surface area (Å²) in [5.41, 5.74) is 2.76. The number of halogens is 1. The SMILES string of the molecule is Cc1csc(C(C)Nc2nc(C)c(C)nc2Cl)n1. The van der Waals surface area contributed by atoms with Gasteiger partial charge < -0.3 is 5.32 Å². The van der Waals surface area contributed by atoms with E-state index >= 15 is 0 Å². The van der Waals surface area contributed by atoms with E-state index in [1.807, 2.05) is 33.1 Å². The molecule has 96 valence electrons. The fourth-order valence-electron chi connectivity index (χ4n) is 1.51. The van der Waals surface area contributed by atoms with Crippen LogP contribution in [-0.2, 0) is 0 Å². The van der Waals surface area contributed by atoms with E-state index in [9.17, 15) is 0 Å². The van der Waals surface area contributed by atoms with Crippen LogP contribution in [0.3, 0.4) is 0 Å². The summed E-state index contributed by atoms with van der Waals surface area (Å²) in [6.45, 7) is 7.83. The van der Waals surface area contributed by atoms with Crippen LogP contribution in [-0.4, -0.2) is 15.0 Å². The van der Waals surface area contributed by atoms with Crippen molar-refractivity contribution in [1.29, 1.82) is 0 Å². The molecule has 0 aliphatic rings. The quantitative estimate of drug-likeness (QED) is 0.933. The Morgan fingerprint density at radius 2 is 1.83 bits per heavy atom. The van der Waals surface area contributed by atoms with Gasteiger partial charge in [-0.2, -0.15) is 0 Å². The number of hydrogen-bond acceptors (Lipinski definition) is 5. The number of hydrogen-bond donors (Lipinski definition) is 1. The van der Waals surface area contributed by atoms with E-state index in [1.165, 1.54) is 0 Å². The molecule has 0 saturated carbocycles. The molecule has 1 unspecified atom stereocenters. The summed E-state index contributed by atoms with van der Waals surface area (Å²) in [5, 5.41) is 6.70. The van der Waals surface area contributed by atoms with Crippen molar-refractivity contribution >= 4 is 28.8 Å². The Kier molecular flexibility index (Phi) is 3.82. The van der Waals surface area contributed by atoms with Gasteiger partial charge in [-0.1, -0.05) is 11.6 Å². The number of nitrogens with one attached hydrogen (secondary N) is 1. The molecular formula is C12H15ClN4S. The highest BCUT2D eigenvalue weighted by atomic mass is 35.5. The van der Waals surface area contributed by atoms with Gasteiger partial charge in [0.15, 0.2) is 11.0 Å². The topological polar surface area (TPSA) is 50.7 Å². The van der Waals surface area contributed by atoms with Gasteiger partial charge in [-0.3, -0.25) is 0 Å². The van der Waals surface area contributed by atoms with Crippen molar-refractivity contribution in [2.45, 2.75) is 33.7 Å². The molecule has 2 aromatic rings. The molecule has 4 nitrogen and oxygen atoms in total. The average Bonchev–Trinajstić information content (AvgIpc) is 2.73. The zero-order valence-corrected chi connectivity index (χ0v) is 12.4. The fourth-order valence-corrected chi connectivity index (χ4v) is 2.53. The molecule has 0 spiro atoms. The molecule has 0 amide bonds. The second kappa shape index (κ2) is 5.20. The van der Waals surface area contributed by atoms with Crippen LogP contribution >= 0.6 is 22.9 Å². The second-order valence-electron chi connectivity index (χ2n) is 4.23. The molecule has 6 heteroatoms. The standard InChI is InChI=1S/C12H15ClN4S/c1-6-5-18-12(14-6)9(4)17-11-10(13)15-7(2)8(3)16-11/h5,9H,1-4H3,(H,16,17). The van der Waals surface area contributed by atoms with E-state index in [-0.39, 0.29) is 6.04 Å². The molecule has 18 heavy (non-hydrogen) atoms. The molecule has 0 aliphatic carbocycles. The Labute approximate surface area is 115 Å². The van der Waals surface area contributed by atoms with Gasteiger partial charge in [0.1, 0.15) is 5.01 Å². The molecule has 0 aliphatic heterocycles. The largest absolute Gasteiger partial charge is 0.359 e. The van der Waals surface area contributed by atoms with E-state index in [1.54, 1.807) is 11.3 Å². The molecule has 0 fully saturated rings. The summed E-state index contributed by atoms with van der Waals surface area (Å²) < 4.78 is 0. The highest BCUT2D eigenvalue weighted by molar-refractivity contribution is 7.09. The maximum atomic E-state index is 6.09. The third-order valence-electron chi connectivity index (χ3n) is 2.62.